The molecule has 1 heterocycles. The molecular formula is C16H23NS. The second kappa shape index (κ2) is 5.66. The molecule has 0 aromatic heterocycles. The van der Waals surface area contributed by atoms with Crippen LogP contribution in [0.2, 0.25) is 0 Å². The van der Waals surface area contributed by atoms with Gasteiger partial charge in [-0.05, 0) is 43.7 Å². The van der Waals surface area contributed by atoms with Crippen molar-refractivity contribution in [2.45, 2.75) is 55.2 Å². The summed E-state index contributed by atoms with van der Waals surface area (Å²) in [4.78, 5) is 1.50. The Morgan fingerprint density at radius 2 is 2.06 bits per heavy atom. The lowest BCUT2D eigenvalue weighted by Gasteiger charge is -2.22. The van der Waals surface area contributed by atoms with Crippen molar-refractivity contribution < 1.29 is 0 Å². The fourth-order valence-corrected chi connectivity index (χ4v) is 4.57. The van der Waals surface area contributed by atoms with Gasteiger partial charge in [0.05, 0.1) is 0 Å². The second-order valence-corrected chi connectivity index (χ2v) is 7.14. The Morgan fingerprint density at radius 1 is 1.28 bits per heavy atom. The Kier molecular flexibility index (Phi) is 3.95. The van der Waals surface area contributed by atoms with Gasteiger partial charge in [0.25, 0.3) is 0 Å². The summed E-state index contributed by atoms with van der Waals surface area (Å²) in [7, 11) is 0. The highest BCUT2D eigenvalue weighted by atomic mass is 32.2. The Bertz CT molecular complexity index is 373. The van der Waals surface area contributed by atoms with E-state index in [0.29, 0.717) is 6.04 Å². The maximum atomic E-state index is 3.78. The van der Waals surface area contributed by atoms with Gasteiger partial charge in [-0.3, -0.25) is 0 Å². The molecule has 1 aliphatic heterocycles. The van der Waals surface area contributed by atoms with Crippen LogP contribution in [0.15, 0.2) is 29.2 Å². The van der Waals surface area contributed by atoms with Gasteiger partial charge in [-0.25, -0.2) is 0 Å². The van der Waals surface area contributed by atoms with Gasteiger partial charge in [-0.15, -0.1) is 11.8 Å². The van der Waals surface area contributed by atoms with Gasteiger partial charge in [0.1, 0.15) is 0 Å². The van der Waals surface area contributed by atoms with Crippen LogP contribution in [0.1, 0.15) is 38.2 Å². The van der Waals surface area contributed by atoms with Crippen molar-refractivity contribution in [1.29, 1.82) is 0 Å². The third-order valence-electron chi connectivity index (χ3n) is 4.49. The van der Waals surface area contributed by atoms with Crippen LogP contribution >= 0.6 is 11.8 Å². The van der Waals surface area contributed by atoms with Gasteiger partial charge in [0.15, 0.2) is 0 Å². The zero-order valence-electron chi connectivity index (χ0n) is 11.2. The summed E-state index contributed by atoms with van der Waals surface area (Å²) >= 11 is 2.06. The fourth-order valence-electron chi connectivity index (χ4n) is 3.31. The first-order valence-electron chi connectivity index (χ1n) is 7.31. The van der Waals surface area contributed by atoms with Crippen molar-refractivity contribution in [2.24, 2.45) is 5.92 Å². The molecule has 3 rings (SSSR count). The lowest BCUT2D eigenvalue weighted by molar-refractivity contribution is 0.382. The number of thioether (sulfide) groups is 1. The molecule has 0 spiro atoms. The number of hydrogen-bond donors (Lipinski definition) is 1. The summed E-state index contributed by atoms with van der Waals surface area (Å²) in [6.07, 6.45) is 7.00. The maximum absolute atomic E-state index is 3.78. The van der Waals surface area contributed by atoms with E-state index in [2.05, 4.69) is 48.3 Å². The summed E-state index contributed by atoms with van der Waals surface area (Å²) in [6.45, 7) is 3.54. The quantitative estimate of drug-likeness (QED) is 0.883. The normalized spacial score (nSPS) is 25.3. The molecular weight excluding hydrogens is 238 g/mol. The minimum absolute atomic E-state index is 0.705. The van der Waals surface area contributed by atoms with Gasteiger partial charge < -0.3 is 5.32 Å². The van der Waals surface area contributed by atoms with Crippen molar-refractivity contribution in [3.8, 4) is 0 Å². The topological polar surface area (TPSA) is 12.0 Å². The summed E-state index contributed by atoms with van der Waals surface area (Å²) in [5.41, 5.74) is 1.54. The van der Waals surface area contributed by atoms with Crippen LogP contribution in [0, 0.1) is 5.92 Å². The van der Waals surface area contributed by atoms with Gasteiger partial charge in [0, 0.05) is 22.7 Å². The van der Waals surface area contributed by atoms with Crippen LogP contribution in [0.4, 0.5) is 0 Å². The molecule has 0 amide bonds. The molecule has 1 unspecified atom stereocenters. The van der Waals surface area contributed by atoms with Crippen molar-refractivity contribution in [2.75, 3.05) is 6.54 Å². The first-order valence-corrected chi connectivity index (χ1v) is 8.19. The number of rotatable bonds is 4. The summed E-state index contributed by atoms with van der Waals surface area (Å²) in [5.74, 6) is 0.929. The average molecular weight is 261 g/mol. The predicted octanol–water partition coefficient (Wildman–Crippen LogP) is 3.87. The molecule has 0 bridgehead atoms. The number of fused-ring (bicyclic) bond motifs is 1. The molecule has 98 valence electrons. The van der Waals surface area contributed by atoms with Crippen LogP contribution in [0.25, 0.3) is 0 Å². The monoisotopic (exact) mass is 261 g/mol. The van der Waals surface area contributed by atoms with Crippen LogP contribution in [-0.4, -0.2) is 17.8 Å². The first-order chi connectivity index (χ1) is 8.83. The molecule has 18 heavy (non-hydrogen) atoms. The van der Waals surface area contributed by atoms with E-state index in [4.69, 9.17) is 0 Å². The van der Waals surface area contributed by atoms with E-state index in [1.54, 1.807) is 5.56 Å². The standard InChI is InChI=1S/C16H23NS/c1-12(13-6-2-3-7-13)17-11-15-10-14-8-4-5-9-16(14)18-15/h4-5,8-9,12-13,15,17H,2-3,6-7,10-11H2,1H3/t12-,15?/m0/s1. The molecule has 0 radical (unpaired) electrons. The Morgan fingerprint density at radius 3 is 2.83 bits per heavy atom. The molecule has 1 aromatic rings. The molecule has 1 fully saturated rings. The van der Waals surface area contributed by atoms with E-state index < -0.39 is 0 Å². The summed E-state index contributed by atoms with van der Waals surface area (Å²) in [6, 6.07) is 9.57. The molecule has 1 aromatic carbocycles. The molecule has 1 nitrogen and oxygen atoms in total. The van der Waals surface area contributed by atoms with Gasteiger partial charge in [-0.2, -0.15) is 0 Å². The molecule has 0 saturated heterocycles. The first kappa shape index (κ1) is 12.6. The van der Waals surface area contributed by atoms with Gasteiger partial charge in [0.2, 0.25) is 0 Å². The van der Waals surface area contributed by atoms with Crippen molar-refractivity contribution in [3.63, 3.8) is 0 Å². The van der Waals surface area contributed by atoms with Crippen LogP contribution in [-0.2, 0) is 6.42 Å². The van der Waals surface area contributed by atoms with Crippen LogP contribution in [0.3, 0.4) is 0 Å². The highest BCUT2D eigenvalue weighted by molar-refractivity contribution is 8.00. The average Bonchev–Trinajstić information content (AvgIpc) is 3.04. The SMILES string of the molecule is C[C@H](NCC1Cc2ccccc2S1)C1CCCC1. The molecule has 1 saturated carbocycles. The van der Waals surface area contributed by atoms with E-state index in [1.165, 1.54) is 37.0 Å². The predicted molar refractivity (Wildman–Crippen MR) is 79.2 cm³/mol. The summed E-state index contributed by atoms with van der Waals surface area (Å²) < 4.78 is 0. The zero-order chi connectivity index (χ0) is 12.4. The molecule has 2 aliphatic rings. The highest BCUT2D eigenvalue weighted by Crippen LogP contribution is 2.36. The number of benzene rings is 1. The number of nitrogens with one attached hydrogen (secondary N) is 1. The van der Waals surface area contributed by atoms with Crippen LogP contribution < -0.4 is 5.32 Å². The number of hydrogen-bond acceptors (Lipinski definition) is 2. The van der Waals surface area contributed by atoms with E-state index in [1.807, 2.05) is 0 Å². The van der Waals surface area contributed by atoms with E-state index in [9.17, 15) is 0 Å². The summed E-state index contributed by atoms with van der Waals surface area (Å²) in [5, 5.41) is 4.52. The minimum atomic E-state index is 0.705. The Balaban J connectivity index is 1.48. The van der Waals surface area contributed by atoms with E-state index in [0.717, 1.165) is 17.7 Å². The van der Waals surface area contributed by atoms with E-state index >= 15 is 0 Å². The lowest BCUT2D eigenvalue weighted by Crippen LogP contribution is -2.36. The molecule has 1 aliphatic carbocycles. The van der Waals surface area contributed by atoms with Gasteiger partial charge in [-0.1, -0.05) is 31.0 Å². The third-order valence-corrected chi connectivity index (χ3v) is 5.81. The Hall–Kier alpha value is -0.470. The smallest absolute Gasteiger partial charge is 0.0260 e. The second-order valence-electron chi connectivity index (χ2n) is 5.79. The van der Waals surface area contributed by atoms with Gasteiger partial charge >= 0.3 is 0 Å². The molecule has 2 atom stereocenters. The Labute approximate surface area is 115 Å². The largest absolute Gasteiger partial charge is 0.313 e. The van der Waals surface area contributed by atoms with Crippen LogP contribution in [0.5, 0.6) is 0 Å². The molecule has 2 heteroatoms. The van der Waals surface area contributed by atoms with Crippen molar-refractivity contribution in [3.05, 3.63) is 29.8 Å². The van der Waals surface area contributed by atoms with Crippen molar-refractivity contribution in [1.82, 2.24) is 5.32 Å². The lowest BCUT2D eigenvalue weighted by atomic mass is 9.99. The highest BCUT2D eigenvalue weighted by Gasteiger charge is 2.25. The maximum Gasteiger partial charge on any atom is 0.0260 e. The zero-order valence-corrected chi connectivity index (χ0v) is 12.0. The minimum Gasteiger partial charge on any atom is -0.313 e. The van der Waals surface area contributed by atoms with E-state index in [-0.39, 0.29) is 0 Å². The fraction of sp³-hybridized carbons (Fsp3) is 0.625. The third kappa shape index (κ3) is 2.75. The van der Waals surface area contributed by atoms with Crippen molar-refractivity contribution >= 4 is 11.8 Å². The molecule has 1 N–H and O–H groups in total.